The normalized spacial score (nSPS) is 11.4. The Morgan fingerprint density at radius 1 is 1.32 bits per heavy atom. The second-order valence-corrected chi connectivity index (χ2v) is 4.23. The molecule has 0 aromatic heterocycles. The molecule has 7 heteroatoms. The molecule has 0 atom stereocenters. The van der Waals surface area contributed by atoms with E-state index in [-0.39, 0.29) is 18.7 Å². The van der Waals surface area contributed by atoms with Crippen molar-refractivity contribution < 1.29 is 18.1 Å². The molecule has 0 amide bonds. The summed E-state index contributed by atoms with van der Waals surface area (Å²) >= 11 is 0. The highest BCUT2D eigenvalue weighted by Gasteiger charge is 2.25. The van der Waals surface area contributed by atoms with Crippen LogP contribution in [-0.4, -0.2) is 17.6 Å². The van der Waals surface area contributed by atoms with E-state index >= 15 is 0 Å². The third-order valence-corrected chi connectivity index (χ3v) is 2.64. The van der Waals surface area contributed by atoms with Crippen molar-refractivity contribution in [3.05, 3.63) is 33.9 Å². The first-order valence-corrected chi connectivity index (χ1v) is 5.86. The van der Waals surface area contributed by atoms with Gasteiger partial charge in [-0.05, 0) is 25.3 Å². The minimum atomic E-state index is -4.14. The fourth-order valence-electron chi connectivity index (χ4n) is 1.70. The van der Waals surface area contributed by atoms with Crippen molar-refractivity contribution in [1.29, 1.82) is 0 Å². The molecule has 0 unspecified atom stereocenters. The third kappa shape index (κ3) is 5.15. The number of nitro benzene ring substituents is 1. The minimum absolute atomic E-state index is 0.0101. The van der Waals surface area contributed by atoms with E-state index in [0.29, 0.717) is 17.7 Å². The van der Waals surface area contributed by atoms with Crippen molar-refractivity contribution in [1.82, 2.24) is 0 Å². The molecule has 0 spiro atoms. The smallest absolute Gasteiger partial charge is 0.379 e. The summed E-state index contributed by atoms with van der Waals surface area (Å²) in [6.07, 6.45) is -4.65. The molecule has 4 nitrogen and oxygen atoms in total. The number of hydrogen-bond acceptors (Lipinski definition) is 3. The number of nitro groups is 1. The molecule has 0 radical (unpaired) electrons. The number of nitrogens with one attached hydrogen (secondary N) is 1. The Morgan fingerprint density at radius 2 is 2.00 bits per heavy atom. The van der Waals surface area contributed by atoms with Gasteiger partial charge in [0.05, 0.1) is 4.92 Å². The minimum Gasteiger partial charge on any atom is -0.379 e. The molecule has 0 bridgehead atoms. The summed E-state index contributed by atoms with van der Waals surface area (Å²) in [5, 5.41) is 13.7. The Balaban J connectivity index is 2.52. The second kappa shape index (κ2) is 6.40. The highest BCUT2D eigenvalue weighted by Crippen LogP contribution is 2.28. The molecule has 0 heterocycles. The number of hydrogen-bond donors (Lipinski definition) is 1. The average Bonchev–Trinajstić information content (AvgIpc) is 2.28. The number of nitrogens with zero attached hydrogens (tertiary/aromatic N) is 1. The number of rotatable bonds is 6. The van der Waals surface area contributed by atoms with Gasteiger partial charge in [0.2, 0.25) is 0 Å². The summed E-state index contributed by atoms with van der Waals surface area (Å²) in [4.78, 5) is 10.3. The van der Waals surface area contributed by atoms with E-state index < -0.39 is 17.5 Å². The summed E-state index contributed by atoms with van der Waals surface area (Å²) in [5.41, 5.74) is 1.01. The van der Waals surface area contributed by atoms with Gasteiger partial charge < -0.3 is 5.32 Å². The van der Waals surface area contributed by atoms with Gasteiger partial charge in [0.1, 0.15) is 5.69 Å². The highest BCUT2D eigenvalue weighted by atomic mass is 19.4. The first kappa shape index (κ1) is 15.3. The number of halogens is 3. The largest absolute Gasteiger partial charge is 0.389 e. The van der Waals surface area contributed by atoms with E-state index in [4.69, 9.17) is 0 Å². The van der Waals surface area contributed by atoms with Gasteiger partial charge >= 0.3 is 6.18 Å². The van der Waals surface area contributed by atoms with E-state index in [2.05, 4.69) is 5.32 Å². The lowest BCUT2D eigenvalue weighted by molar-refractivity contribution is -0.384. The Bertz CT molecular complexity index is 447. The lowest BCUT2D eigenvalue weighted by atomic mass is 10.1. The van der Waals surface area contributed by atoms with Gasteiger partial charge in [-0.1, -0.05) is 12.1 Å². The zero-order chi connectivity index (χ0) is 14.5. The van der Waals surface area contributed by atoms with Crippen LogP contribution in [0.2, 0.25) is 0 Å². The van der Waals surface area contributed by atoms with Crippen molar-refractivity contribution in [2.75, 3.05) is 11.9 Å². The van der Waals surface area contributed by atoms with Gasteiger partial charge in [-0.15, -0.1) is 0 Å². The maximum atomic E-state index is 11.9. The molecule has 1 aromatic rings. The number of alkyl halides is 3. The molecule has 0 aliphatic rings. The highest BCUT2D eigenvalue weighted by molar-refractivity contribution is 5.65. The van der Waals surface area contributed by atoms with Crippen LogP contribution in [0.5, 0.6) is 0 Å². The van der Waals surface area contributed by atoms with Crippen molar-refractivity contribution in [2.45, 2.75) is 32.4 Å². The summed E-state index contributed by atoms with van der Waals surface area (Å²) in [6.45, 7) is 1.99. The average molecular weight is 276 g/mol. The number of anilines is 1. The van der Waals surface area contributed by atoms with Crippen molar-refractivity contribution in [3.8, 4) is 0 Å². The van der Waals surface area contributed by atoms with Crippen LogP contribution >= 0.6 is 0 Å². The van der Waals surface area contributed by atoms with Gasteiger partial charge in [-0.25, -0.2) is 0 Å². The topological polar surface area (TPSA) is 55.2 Å². The Morgan fingerprint density at radius 3 is 2.58 bits per heavy atom. The van der Waals surface area contributed by atoms with Crippen LogP contribution in [0.1, 0.15) is 24.8 Å². The molecule has 106 valence electrons. The molecule has 0 fully saturated rings. The quantitative estimate of drug-likeness (QED) is 0.484. The maximum Gasteiger partial charge on any atom is 0.389 e. The van der Waals surface area contributed by atoms with Crippen LogP contribution < -0.4 is 5.32 Å². The zero-order valence-corrected chi connectivity index (χ0v) is 10.5. The fourth-order valence-corrected chi connectivity index (χ4v) is 1.70. The van der Waals surface area contributed by atoms with Crippen LogP contribution in [0.25, 0.3) is 0 Å². The summed E-state index contributed by atoms with van der Waals surface area (Å²) < 4.78 is 35.8. The van der Waals surface area contributed by atoms with Gasteiger partial charge in [0.15, 0.2) is 0 Å². The zero-order valence-electron chi connectivity index (χ0n) is 10.5. The Labute approximate surface area is 108 Å². The standard InChI is InChI=1S/C12H15F3N2O2/c1-9-5-4-6-10(17(18)19)11(9)16-8-3-2-7-12(13,14)15/h4-6,16H,2-3,7-8H2,1H3. The van der Waals surface area contributed by atoms with Gasteiger partial charge in [0.25, 0.3) is 5.69 Å². The van der Waals surface area contributed by atoms with E-state index in [1.165, 1.54) is 6.07 Å². The molecule has 1 N–H and O–H groups in total. The van der Waals surface area contributed by atoms with Gasteiger partial charge in [-0.2, -0.15) is 13.2 Å². The van der Waals surface area contributed by atoms with Crippen LogP contribution in [0.4, 0.5) is 24.5 Å². The Kier molecular flexibility index (Phi) is 5.14. The van der Waals surface area contributed by atoms with E-state index in [0.717, 1.165) is 0 Å². The predicted octanol–water partition coefficient (Wildman–Crippen LogP) is 4.05. The first-order valence-electron chi connectivity index (χ1n) is 5.86. The van der Waals surface area contributed by atoms with Gasteiger partial charge in [-0.3, -0.25) is 10.1 Å². The molecule has 1 aromatic carbocycles. The number of benzene rings is 1. The fraction of sp³-hybridized carbons (Fsp3) is 0.500. The lowest BCUT2D eigenvalue weighted by Crippen LogP contribution is -2.09. The Hall–Kier alpha value is -1.79. The molecule has 1 rings (SSSR count). The van der Waals surface area contributed by atoms with Crippen LogP contribution in [0.3, 0.4) is 0 Å². The SMILES string of the molecule is Cc1cccc([N+](=O)[O-])c1NCCCCC(F)(F)F. The first-order chi connectivity index (χ1) is 8.81. The van der Waals surface area contributed by atoms with Crippen LogP contribution in [0, 0.1) is 17.0 Å². The van der Waals surface area contributed by atoms with E-state index in [1.54, 1.807) is 19.1 Å². The van der Waals surface area contributed by atoms with E-state index in [1.807, 2.05) is 0 Å². The van der Waals surface area contributed by atoms with Crippen molar-refractivity contribution >= 4 is 11.4 Å². The lowest BCUT2D eigenvalue weighted by Gasteiger charge is -2.10. The monoisotopic (exact) mass is 276 g/mol. The number of aryl methyl sites for hydroxylation is 1. The van der Waals surface area contributed by atoms with Crippen LogP contribution in [-0.2, 0) is 0 Å². The summed E-state index contributed by atoms with van der Waals surface area (Å²) in [6, 6.07) is 4.65. The van der Waals surface area contributed by atoms with Crippen molar-refractivity contribution in [3.63, 3.8) is 0 Å². The molecule has 0 saturated carbocycles. The van der Waals surface area contributed by atoms with Crippen molar-refractivity contribution in [2.24, 2.45) is 0 Å². The maximum absolute atomic E-state index is 11.9. The molecule has 0 aliphatic carbocycles. The molecular weight excluding hydrogens is 261 g/mol. The van der Waals surface area contributed by atoms with Gasteiger partial charge in [0, 0.05) is 19.0 Å². The molecular formula is C12H15F3N2O2. The summed E-state index contributed by atoms with van der Waals surface area (Å²) in [7, 11) is 0. The molecule has 0 aliphatic heterocycles. The van der Waals surface area contributed by atoms with E-state index in [9.17, 15) is 23.3 Å². The predicted molar refractivity (Wildman–Crippen MR) is 66.2 cm³/mol. The second-order valence-electron chi connectivity index (χ2n) is 4.23. The molecule has 19 heavy (non-hydrogen) atoms. The van der Waals surface area contributed by atoms with Crippen LogP contribution in [0.15, 0.2) is 18.2 Å². The third-order valence-electron chi connectivity index (χ3n) is 2.64. The number of para-hydroxylation sites is 1. The number of unbranched alkanes of at least 4 members (excludes halogenated alkanes) is 1. The molecule has 0 saturated heterocycles. The summed E-state index contributed by atoms with van der Waals surface area (Å²) in [5.74, 6) is 0.